The molecule has 0 aliphatic rings. The normalized spacial score (nSPS) is 12.6. The van der Waals surface area contributed by atoms with Crippen molar-refractivity contribution in [2.45, 2.75) is 38.6 Å². The van der Waals surface area contributed by atoms with E-state index in [0.29, 0.717) is 28.7 Å². The van der Waals surface area contributed by atoms with E-state index < -0.39 is 0 Å². The van der Waals surface area contributed by atoms with Crippen LogP contribution in [0.25, 0.3) is 0 Å². The fraction of sp³-hybridized carbons (Fsp3) is 0.429. The molecule has 2 rings (SSSR count). The van der Waals surface area contributed by atoms with Gasteiger partial charge in [0.05, 0.1) is 0 Å². The molecule has 0 radical (unpaired) electrons. The van der Waals surface area contributed by atoms with Crippen LogP contribution in [0, 0.1) is 5.82 Å². The average molecular weight is 298 g/mol. The maximum Gasteiger partial charge on any atom is 0.228 e. The molecule has 108 valence electrons. The summed E-state index contributed by atoms with van der Waals surface area (Å²) in [7, 11) is 0. The predicted molar refractivity (Wildman–Crippen MR) is 75.1 cm³/mol. The van der Waals surface area contributed by atoms with Gasteiger partial charge in [-0.3, -0.25) is 0 Å². The molecule has 6 heteroatoms. The van der Waals surface area contributed by atoms with Crippen LogP contribution in [0.15, 0.2) is 22.7 Å². The minimum absolute atomic E-state index is 0.00495. The quantitative estimate of drug-likeness (QED) is 0.889. The van der Waals surface area contributed by atoms with Gasteiger partial charge in [0, 0.05) is 29.5 Å². The zero-order valence-corrected chi connectivity index (χ0v) is 12.0. The van der Waals surface area contributed by atoms with Gasteiger partial charge in [-0.05, 0) is 18.6 Å². The first kappa shape index (κ1) is 14.9. The Hall–Kier alpha value is -1.46. The number of nitrogens with two attached hydrogens (primary N) is 1. The highest BCUT2D eigenvalue weighted by Gasteiger charge is 2.14. The van der Waals surface area contributed by atoms with Crippen molar-refractivity contribution in [2.75, 3.05) is 0 Å². The zero-order chi connectivity index (χ0) is 14.5. The maximum absolute atomic E-state index is 13.7. The Bertz CT molecular complexity index is 553. The second-order valence-corrected chi connectivity index (χ2v) is 5.14. The molecule has 1 unspecified atom stereocenters. The highest BCUT2D eigenvalue weighted by molar-refractivity contribution is 6.31. The summed E-state index contributed by atoms with van der Waals surface area (Å²) in [5.41, 5.74) is 6.29. The van der Waals surface area contributed by atoms with Crippen molar-refractivity contribution in [1.82, 2.24) is 10.1 Å². The van der Waals surface area contributed by atoms with E-state index in [1.54, 1.807) is 12.1 Å². The molecule has 0 saturated heterocycles. The van der Waals surface area contributed by atoms with Crippen LogP contribution in [0.3, 0.4) is 0 Å². The van der Waals surface area contributed by atoms with E-state index in [1.807, 2.05) is 0 Å². The Kier molecular flexibility index (Phi) is 5.09. The molecule has 0 fully saturated rings. The van der Waals surface area contributed by atoms with Gasteiger partial charge in [-0.1, -0.05) is 36.2 Å². The first-order chi connectivity index (χ1) is 9.60. The van der Waals surface area contributed by atoms with E-state index in [9.17, 15) is 4.39 Å². The lowest BCUT2D eigenvalue weighted by atomic mass is 10.1. The van der Waals surface area contributed by atoms with Gasteiger partial charge in [-0.25, -0.2) is 4.39 Å². The highest BCUT2D eigenvalue weighted by atomic mass is 35.5. The number of halogens is 2. The molecular weight excluding hydrogens is 281 g/mol. The minimum Gasteiger partial charge on any atom is -0.339 e. The maximum atomic E-state index is 13.7. The van der Waals surface area contributed by atoms with Crippen molar-refractivity contribution in [3.63, 3.8) is 0 Å². The number of benzene rings is 1. The molecule has 2 N–H and O–H groups in total. The SMILES string of the molecule is CCCC(N)Cc1nc(Cc2c(F)cccc2Cl)no1. The van der Waals surface area contributed by atoms with E-state index in [2.05, 4.69) is 17.1 Å². The van der Waals surface area contributed by atoms with Gasteiger partial charge in [-0.15, -0.1) is 0 Å². The largest absolute Gasteiger partial charge is 0.339 e. The molecule has 0 bridgehead atoms. The van der Waals surface area contributed by atoms with Gasteiger partial charge in [0.25, 0.3) is 0 Å². The zero-order valence-electron chi connectivity index (χ0n) is 11.3. The van der Waals surface area contributed by atoms with Gasteiger partial charge in [0.15, 0.2) is 5.82 Å². The molecular formula is C14H17ClFN3O. The minimum atomic E-state index is -0.369. The summed E-state index contributed by atoms with van der Waals surface area (Å²) in [4.78, 5) is 4.23. The van der Waals surface area contributed by atoms with Crippen molar-refractivity contribution in [3.8, 4) is 0 Å². The van der Waals surface area contributed by atoms with Crippen LogP contribution in [0.1, 0.15) is 37.0 Å². The van der Waals surface area contributed by atoms with E-state index >= 15 is 0 Å². The van der Waals surface area contributed by atoms with Crippen LogP contribution in [0.4, 0.5) is 4.39 Å². The average Bonchev–Trinajstić information content (AvgIpc) is 2.82. The smallest absolute Gasteiger partial charge is 0.228 e. The second-order valence-electron chi connectivity index (χ2n) is 4.73. The van der Waals surface area contributed by atoms with Crippen molar-refractivity contribution in [3.05, 3.63) is 46.3 Å². The third-order valence-electron chi connectivity index (χ3n) is 3.00. The number of nitrogens with zero attached hydrogens (tertiary/aromatic N) is 2. The lowest BCUT2D eigenvalue weighted by Crippen LogP contribution is -2.22. The molecule has 4 nitrogen and oxygen atoms in total. The third-order valence-corrected chi connectivity index (χ3v) is 3.36. The van der Waals surface area contributed by atoms with Crippen molar-refractivity contribution < 1.29 is 8.91 Å². The molecule has 1 aromatic carbocycles. The fourth-order valence-corrected chi connectivity index (χ4v) is 2.23. The summed E-state index contributed by atoms with van der Waals surface area (Å²) < 4.78 is 18.8. The van der Waals surface area contributed by atoms with E-state index in [1.165, 1.54) is 6.07 Å². The molecule has 0 aliphatic heterocycles. The van der Waals surface area contributed by atoms with Crippen LogP contribution >= 0.6 is 11.6 Å². The summed E-state index contributed by atoms with van der Waals surface area (Å²) in [6, 6.07) is 4.56. The number of hydrogen-bond acceptors (Lipinski definition) is 4. The highest BCUT2D eigenvalue weighted by Crippen LogP contribution is 2.21. The molecule has 1 atom stereocenters. The van der Waals surface area contributed by atoms with E-state index in [4.69, 9.17) is 21.9 Å². The molecule has 0 amide bonds. The molecule has 1 heterocycles. The molecule has 0 saturated carbocycles. The monoisotopic (exact) mass is 297 g/mol. The van der Waals surface area contributed by atoms with Crippen LogP contribution < -0.4 is 5.73 Å². The van der Waals surface area contributed by atoms with Crippen LogP contribution in [0.5, 0.6) is 0 Å². The second kappa shape index (κ2) is 6.81. The number of hydrogen-bond donors (Lipinski definition) is 1. The Morgan fingerprint density at radius 1 is 1.45 bits per heavy atom. The van der Waals surface area contributed by atoms with Gasteiger partial charge < -0.3 is 10.3 Å². The lowest BCUT2D eigenvalue weighted by Gasteiger charge is -2.05. The van der Waals surface area contributed by atoms with Crippen LogP contribution in [-0.4, -0.2) is 16.2 Å². The Morgan fingerprint density at radius 3 is 2.95 bits per heavy atom. The molecule has 1 aromatic heterocycles. The van der Waals surface area contributed by atoms with Gasteiger partial charge in [0.2, 0.25) is 5.89 Å². The first-order valence-corrected chi connectivity index (χ1v) is 6.98. The first-order valence-electron chi connectivity index (χ1n) is 6.60. The Labute approximate surface area is 122 Å². The Balaban J connectivity index is 2.06. The van der Waals surface area contributed by atoms with Crippen molar-refractivity contribution in [1.29, 1.82) is 0 Å². The molecule has 2 aromatic rings. The van der Waals surface area contributed by atoms with Crippen LogP contribution in [-0.2, 0) is 12.8 Å². The number of rotatable bonds is 6. The van der Waals surface area contributed by atoms with Crippen molar-refractivity contribution in [2.24, 2.45) is 5.73 Å². The number of aromatic nitrogens is 2. The Morgan fingerprint density at radius 2 is 2.25 bits per heavy atom. The summed E-state index contributed by atoms with van der Waals surface area (Å²) in [5.74, 6) is 0.524. The predicted octanol–water partition coefficient (Wildman–Crippen LogP) is 3.12. The van der Waals surface area contributed by atoms with Crippen LogP contribution in [0.2, 0.25) is 5.02 Å². The van der Waals surface area contributed by atoms with Gasteiger partial charge in [0.1, 0.15) is 5.82 Å². The summed E-state index contributed by atoms with van der Waals surface area (Å²) in [6.45, 7) is 2.07. The topological polar surface area (TPSA) is 64.9 Å². The van der Waals surface area contributed by atoms with E-state index in [-0.39, 0.29) is 18.3 Å². The molecule has 20 heavy (non-hydrogen) atoms. The lowest BCUT2D eigenvalue weighted by molar-refractivity contribution is 0.361. The molecule has 0 spiro atoms. The standard InChI is InChI=1S/C14H17ClFN3O/c1-2-4-9(17)7-14-18-13(19-20-14)8-10-11(15)5-3-6-12(10)16/h3,5-6,9H,2,4,7-8,17H2,1H3. The third kappa shape index (κ3) is 3.77. The van der Waals surface area contributed by atoms with E-state index in [0.717, 1.165) is 12.8 Å². The summed E-state index contributed by atoms with van der Waals surface area (Å²) in [5, 5.41) is 4.20. The summed E-state index contributed by atoms with van der Waals surface area (Å²) >= 11 is 5.97. The molecule has 0 aliphatic carbocycles. The van der Waals surface area contributed by atoms with Gasteiger partial charge >= 0.3 is 0 Å². The van der Waals surface area contributed by atoms with Gasteiger partial charge in [-0.2, -0.15) is 4.98 Å². The van der Waals surface area contributed by atoms with Crippen molar-refractivity contribution >= 4 is 11.6 Å². The fourth-order valence-electron chi connectivity index (χ4n) is 2.00. The summed E-state index contributed by atoms with van der Waals surface area (Å²) in [6.07, 6.45) is 2.65.